The van der Waals surface area contributed by atoms with Crippen molar-refractivity contribution in [3.63, 3.8) is 0 Å². The molecule has 0 fully saturated rings. The van der Waals surface area contributed by atoms with E-state index in [1.807, 2.05) is 12.1 Å². The van der Waals surface area contributed by atoms with Crippen LogP contribution in [0.4, 0.5) is 13.2 Å². The van der Waals surface area contributed by atoms with Crippen molar-refractivity contribution < 1.29 is 13.2 Å². The molecule has 0 aromatic carbocycles. The molecule has 0 aliphatic carbocycles. The molecule has 1 N–H and O–H groups in total. The van der Waals surface area contributed by atoms with Crippen molar-refractivity contribution in [3.8, 4) is 17.3 Å². The van der Waals surface area contributed by atoms with Crippen molar-refractivity contribution in [1.82, 2.24) is 24.7 Å². The number of halogens is 3. The van der Waals surface area contributed by atoms with E-state index in [2.05, 4.69) is 20.1 Å². The smallest absolute Gasteiger partial charge is 0.346 e. The monoisotopic (exact) mass is 348 g/mol. The number of nitrogens with zero attached hydrogens (tertiary/aromatic N) is 5. The summed E-state index contributed by atoms with van der Waals surface area (Å²) in [7, 11) is 0. The van der Waals surface area contributed by atoms with Crippen LogP contribution in [0.15, 0.2) is 31.0 Å². The van der Waals surface area contributed by atoms with E-state index in [9.17, 15) is 13.2 Å². The van der Waals surface area contributed by atoms with Gasteiger partial charge < -0.3 is 4.98 Å². The molecule has 6 nitrogen and oxygen atoms in total. The second-order valence-electron chi connectivity index (χ2n) is 5.69. The second-order valence-corrected chi connectivity index (χ2v) is 5.69. The number of hydrogen-bond acceptors (Lipinski definition) is 4. The predicted molar refractivity (Wildman–Crippen MR) is 84.3 cm³/mol. The fourth-order valence-corrected chi connectivity index (χ4v) is 2.73. The third-order valence-corrected chi connectivity index (χ3v) is 3.93. The molecular weight excluding hydrogens is 333 g/mol. The van der Waals surface area contributed by atoms with E-state index in [1.165, 1.54) is 6.33 Å². The summed E-state index contributed by atoms with van der Waals surface area (Å²) in [6.07, 6.45) is 1.74. The first kappa shape index (κ1) is 17.0. The number of nitriles is 1. The molecule has 0 aliphatic heterocycles. The molecule has 9 heteroatoms. The lowest BCUT2D eigenvalue weighted by Gasteiger charge is -2.15. The van der Waals surface area contributed by atoms with E-state index in [4.69, 9.17) is 5.26 Å². The first-order valence-corrected chi connectivity index (χ1v) is 7.74. The molecule has 3 aromatic heterocycles. The van der Waals surface area contributed by atoms with Crippen LogP contribution in [0, 0.1) is 11.3 Å². The Balaban J connectivity index is 1.80. The van der Waals surface area contributed by atoms with E-state index in [0.717, 1.165) is 10.9 Å². The van der Waals surface area contributed by atoms with E-state index in [-0.39, 0.29) is 19.3 Å². The quantitative estimate of drug-likeness (QED) is 0.729. The Morgan fingerprint density at radius 3 is 2.92 bits per heavy atom. The maximum atomic E-state index is 12.3. The third kappa shape index (κ3) is 3.96. The largest absolute Gasteiger partial charge is 0.389 e. The SMILES string of the molecule is N#CC[C@H](CCCC(F)(F)F)n1cc(-c2ncnc3[nH]ccc23)cn1. The topological polar surface area (TPSA) is 83.2 Å². The standard InChI is InChI=1S/C16H15F3N6/c17-16(18,19)5-1-2-12(3-6-20)25-9-11(8-24-25)14-13-4-7-21-15(13)23-10-22-14/h4,7-10,12H,1-3,5H2,(H,21,22,23)/t12-/m0/s1. The van der Waals surface area contributed by atoms with Crippen LogP contribution >= 0.6 is 0 Å². The molecule has 3 rings (SSSR count). The summed E-state index contributed by atoms with van der Waals surface area (Å²) in [6, 6.07) is 3.46. The zero-order valence-corrected chi connectivity index (χ0v) is 13.2. The van der Waals surface area contributed by atoms with Gasteiger partial charge in [-0.3, -0.25) is 4.68 Å². The maximum absolute atomic E-state index is 12.3. The van der Waals surface area contributed by atoms with Crippen LogP contribution in [-0.4, -0.2) is 30.9 Å². The lowest BCUT2D eigenvalue weighted by molar-refractivity contribution is -0.136. The highest BCUT2D eigenvalue weighted by molar-refractivity contribution is 5.89. The van der Waals surface area contributed by atoms with Gasteiger partial charge in [-0.05, 0) is 18.9 Å². The van der Waals surface area contributed by atoms with Gasteiger partial charge in [-0.2, -0.15) is 23.5 Å². The second kappa shape index (κ2) is 6.93. The Bertz CT molecular complexity index is 889. The van der Waals surface area contributed by atoms with E-state index in [1.54, 1.807) is 23.3 Å². The summed E-state index contributed by atoms with van der Waals surface area (Å²) in [5.74, 6) is 0. The van der Waals surface area contributed by atoms with Crippen LogP contribution in [0.3, 0.4) is 0 Å². The zero-order valence-electron chi connectivity index (χ0n) is 13.2. The molecular formula is C16H15F3N6. The Labute approximate surface area is 141 Å². The molecule has 0 spiro atoms. The lowest BCUT2D eigenvalue weighted by atomic mass is 10.1. The fourth-order valence-electron chi connectivity index (χ4n) is 2.73. The highest BCUT2D eigenvalue weighted by Gasteiger charge is 2.27. The molecule has 0 radical (unpaired) electrons. The maximum Gasteiger partial charge on any atom is 0.389 e. The van der Waals surface area contributed by atoms with Gasteiger partial charge in [0.1, 0.15) is 12.0 Å². The Morgan fingerprint density at radius 2 is 2.16 bits per heavy atom. The van der Waals surface area contributed by atoms with Crippen LogP contribution in [0.1, 0.15) is 31.7 Å². The molecule has 1 atom stereocenters. The molecule has 0 saturated carbocycles. The third-order valence-electron chi connectivity index (χ3n) is 3.93. The number of nitrogens with one attached hydrogen (secondary N) is 1. The highest BCUT2D eigenvalue weighted by Crippen LogP contribution is 2.28. The van der Waals surface area contributed by atoms with Gasteiger partial charge in [0, 0.05) is 29.8 Å². The van der Waals surface area contributed by atoms with Gasteiger partial charge in [0.2, 0.25) is 0 Å². The van der Waals surface area contributed by atoms with Crippen LogP contribution in [0.25, 0.3) is 22.3 Å². The van der Waals surface area contributed by atoms with Gasteiger partial charge in [-0.25, -0.2) is 9.97 Å². The Kier molecular flexibility index (Phi) is 4.70. The Morgan fingerprint density at radius 1 is 1.32 bits per heavy atom. The van der Waals surface area contributed by atoms with Crippen molar-refractivity contribution >= 4 is 11.0 Å². The molecule has 0 aliphatic rings. The van der Waals surface area contributed by atoms with E-state index < -0.39 is 18.6 Å². The lowest BCUT2D eigenvalue weighted by Crippen LogP contribution is -2.12. The average Bonchev–Trinajstić information content (AvgIpc) is 3.22. The highest BCUT2D eigenvalue weighted by atomic mass is 19.4. The molecule has 3 heterocycles. The van der Waals surface area contributed by atoms with Crippen molar-refractivity contribution in [2.45, 2.75) is 37.9 Å². The minimum atomic E-state index is -4.19. The number of alkyl halides is 3. The molecule has 0 unspecified atom stereocenters. The van der Waals surface area contributed by atoms with Crippen LogP contribution < -0.4 is 0 Å². The van der Waals surface area contributed by atoms with Gasteiger partial charge in [-0.15, -0.1) is 0 Å². The number of aromatic amines is 1. The summed E-state index contributed by atoms with van der Waals surface area (Å²) in [5, 5.41) is 14.0. The van der Waals surface area contributed by atoms with Crippen molar-refractivity contribution in [2.75, 3.05) is 0 Å². The van der Waals surface area contributed by atoms with Gasteiger partial charge >= 0.3 is 6.18 Å². The fraction of sp³-hybridized carbons (Fsp3) is 0.375. The van der Waals surface area contributed by atoms with Crippen LogP contribution in [-0.2, 0) is 0 Å². The number of rotatable bonds is 6. The van der Waals surface area contributed by atoms with Gasteiger partial charge in [0.05, 0.1) is 30.4 Å². The minimum Gasteiger partial charge on any atom is -0.346 e. The van der Waals surface area contributed by atoms with Crippen molar-refractivity contribution in [3.05, 3.63) is 31.0 Å². The number of hydrogen-bond donors (Lipinski definition) is 1. The summed E-state index contributed by atoms with van der Waals surface area (Å²) in [5.41, 5.74) is 2.10. The normalized spacial score (nSPS) is 13.0. The molecule has 0 bridgehead atoms. The predicted octanol–water partition coefficient (Wildman–Crippen LogP) is 4.01. The summed E-state index contributed by atoms with van der Waals surface area (Å²) < 4.78 is 38.6. The molecule has 25 heavy (non-hydrogen) atoms. The minimum absolute atomic E-state index is 0.0411. The van der Waals surface area contributed by atoms with E-state index >= 15 is 0 Å². The number of H-pyrrole nitrogens is 1. The first-order valence-electron chi connectivity index (χ1n) is 7.74. The van der Waals surface area contributed by atoms with Gasteiger partial charge in [0.15, 0.2) is 0 Å². The van der Waals surface area contributed by atoms with Crippen molar-refractivity contribution in [2.24, 2.45) is 0 Å². The van der Waals surface area contributed by atoms with Crippen molar-refractivity contribution in [1.29, 1.82) is 5.26 Å². The first-order chi connectivity index (χ1) is 12.0. The average molecular weight is 348 g/mol. The Hall–Kier alpha value is -2.89. The molecule has 0 saturated heterocycles. The van der Waals surface area contributed by atoms with Gasteiger partial charge in [-0.1, -0.05) is 0 Å². The summed E-state index contributed by atoms with van der Waals surface area (Å²) >= 11 is 0. The summed E-state index contributed by atoms with van der Waals surface area (Å²) in [4.78, 5) is 11.4. The van der Waals surface area contributed by atoms with E-state index in [0.29, 0.717) is 11.3 Å². The molecule has 0 amide bonds. The molecule has 130 valence electrons. The number of fused-ring (bicyclic) bond motifs is 1. The number of aromatic nitrogens is 5. The van der Waals surface area contributed by atoms with Crippen LogP contribution in [0.2, 0.25) is 0 Å². The molecule has 3 aromatic rings. The zero-order chi connectivity index (χ0) is 17.9. The summed E-state index contributed by atoms with van der Waals surface area (Å²) in [6.45, 7) is 0. The van der Waals surface area contributed by atoms with Gasteiger partial charge in [0.25, 0.3) is 0 Å². The van der Waals surface area contributed by atoms with Crippen LogP contribution in [0.5, 0.6) is 0 Å².